The minimum atomic E-state index is -0.763. The summed E-state index contributed by atoms with van der Waals surface area (Å²) in [5.41, 5.74) is -1.20. The predicted octanol–water partition coefficient (Wildman–Crippen LogP) is 2.40. The fraction of sp³-hybridized carbons (Fsp3) is 0.588. The highest BCUT2D eigenvalue weighted by atomic mass is 19.1. The van der Waals surface area contributed by atoms with Crippen LogP contribution in [0.2, 0.25) is 0 Å². The number of carbonyl (C=O) groups excluding carboxylic acids is 1. The van der Waals surface area contributed by atoms with Crippen molar-refractivity contribution in [2.24, 2.45) is 17.8 Å². The first-order chi connectivity index (χ1) is 11.3. The Bertz CT molecular complexity index is 707. The minimum Gasteiger partial charge on any atom is -0.390 e. The number of carbonyl (C=O) groups is 1. The SMILES string of the molecule is O=C(NC1C2CC3CC1CC(O)(C3)C2)c1cc([N+](=O)[O-])ccc1F. The van der Waals surface area contributed by atoms with Gasteiger partial charge in [0.15, 0.2) is 0 Å². The molecule has 7 heteroatoms. The maximum atomic E-state index is 13.9. The Morgan fingerprint density at radius 1 is 1.29 bits per heavy atom. The Balaban J connectivity index is 1.55. The highest BCUT2D eigenvalue weighted by Gasteiger charge is 2.55. The number of nitro groups is 1. The topological polar surface area (TPSA) is 92.5 Å². The van der Waals surface area contributed by atoms with Crippen LogP contribution in [0.5, 0.6) is 0 Å². The number of rotatable bonds is 3. The van der Waals surface area contributed by atoms with Crippen LogP contribution in [0.15, 0.2) is 18.2 Å². The maximum Gasteiger partial charge on any atom is 0.270 e. The summed E-state index contributed by atoms with van der Waals surface area (Å²) in [5, 5.41) is 24.3. The van der Waals surface area contributed by atoms with Crippen LogP contribution in [0.1, 0.15) is 42.5 Å². The zero-order valence-corrected chi connectivity index (χ0v) is 13.1. The van der Waals surface area contributed by atoms with E-state index in [9.17, 15) is 24.4 Å². The molecular weight excluding hydrogens is 315 g/mol. The van der Waals surface area contributed by atoms with Crippen molar-refractivity contribution in [3.05, 3.63) is 39.7 Å². The van der Waals surface area contributed by atoms with Crippen molar-refractivity contribution in [2.45, 2.75) is 43.7 Å². The number of amides is 1. The molecule has 4 aliphatic rings. The van der Waals surface area contributed by atoms with E-state index < -0.39 is 22.2 Å². The Hall–Kier alpha value is -2.02. The first-order valence-corrected chi connectivity index (χ1v) is 8.32. The van der Waals surface area contributed by atoms with Gasteiger partial charge in [-0.3, -0.25) is 14.9 Å². The summed E-state index contributed by atoms with van der Waals surface area (Å²) in [7, 11) is 0. The maximum absolute atomic E-state index is 13.9. The second-order valence-electron chi connectivity index (χ2n) is 7.61. The third-order valence-electron chi connectivity index (χ3n) is 5.94. The second kappa shape index (κ2) is 5.24. The molecule has 2 N–H and O–H groups in total. The number of benzene rings is 1. The molecule has 0 spiro atoms. The summed E-state index contributed by atoms with van der Waals surface area (Å²) in [6, 6.07) is 2.89. The summed E-state index contributed by atoms with van der Waals surface area (Å²) >= 11 is 0. The molecule has 2 atom stereocenters. The van der Waals surface area contributed by atoms with Crippen molar-refractivity contribution in [1.29, 1.82) is 0 Å². The average molecular weight is 334 g/mol. The molecule has 2 unspecified atom stereocenters. The highest BCUT2D eigenvalue weighted by Crippen LogP contribution is 2.55. The summed E-state index contributed by atoms with van der Waals surface area (Å²) in [6.07, 6.45) is 4.13. The molecule has 4 bridgehead atoms. The van der Waals surface area contributed by atoms with Crippen molar-refractivity contribution in [3.8, 4) is 0 Å². The van der Waals surface area contributed by atoms with Gasteiger partial charge in [0.1, 0.15) is 5.82 Å². The number of nitrogens with zero attached hydrogens (tertiary/aromatic N) is 1. The number of nitrogens with one attached hydrogen (secondary N) is 1. The molecule has 0 heterocycles. The van der Waals surface area contributed by atoms with E-state index in [4.69, 9.17) is 0 Å². The van der Waals surface area contributed by atoms with Gasteiger partial charge >= 0.3 is 0 Å². The monoisotopic (exact) mass is 334 g/mol. The Kier molecular flexibility index (Phi) is 3.38. The van der Waals surface area contributed by atoms with Gasteiger partial charge in [-0.25, -0.2) is 4.39 Å². The standard InChI is InChI=1S/C17H19FN2O4/c18-14-2-1-12(20(23)24)5-13(14)16(21)19-15-10-3-9-4-11(15)8-17(22,6-9)7-10/h1-2,5,9-11,15,22H,3-4,6-8H2,(H,19,21). The first kappa shape index (κ1) is 15.5. The molecule has 0 saturated heterocycles. The van der Waals surface area contributed by atoms with Crippen LogP contribution in [0, 0.1) is 33.7 Å². The lowest BCUT2D eigenvalue weighted by atomic mass is 9.52. The zero-order valence-electron chi connectivity index (χ0n) is 13.1. The molecule has 4 fully saturated rings. The Morgan fingerprint density at radius 3 is 2.54 bits per heavy atom. The van der Waals surface area contributed by atoms with E-state index in [0.717, 1.165) is 37.5 Å². The molecule has 4 saturated carbocycles. The van der Waals surface area contributed by atoms with E-state index in [0.29, 0.717) is 18.8 Å². The number of nitro benzene ring substituents is 1. The van der Waals surface area contributed by atoms with Gasteiger partial charge in [-0.15, -0.1) is 0 Å². The molecular formula is C17H19FN2O4. The molecule has 1 aromatic carbocycles. The van der Waals surface area contributed by atoms with Crippen LogP contribution in [0.25, 0.3) is 0 Å². The van der Waals surface area contributed by atoms with Gasteiger partial charge in [-0.2, -0.15) is 0 Å². The molecule has 6 nitrogen and oxygen atoms in total. The summed E-state index contributed by atoms with van der Waals surface area (Å²) in [4.78, 5) is 22.7. The zero-order chi connectivity index (χ0) is 17.1. The van der Waals surface area contributed by atoms with E-state index >= 15 is 0 Å². The van der Waals surface area contributed by atoms with E-state index in [1.807, 2.05) is 0 Å². The molecule has 0 radical (unpaired) electrons. The van der Waals surface area contributed by atoms with Gasteiger partial charge in [0.05, 0.1) is 16.1 Å². The van der Waals surface area contributed by atoms with Gasteiger partial charge < -0.3 is 10.4 Å². The van der Waals surface area contributed by atoms with Crippen LogP contribution in [0.4, 0.5) is 10.1 Å². The first-order valence-electron chi connectivity index (χ1n) is 8.32. The summed E-state index contributed by atoms with van der Waals surface area (Å²) in [5.74, 6) is -0.463. The quantitative estimate of drug-likeness (QED) is 0.656. The summed E-state index contributed by atoms with van der Waals surface area (Å²) in [6.45, 7) is 0. The van der Waals surface area contributed by atoms with Gasteiger partial charge in [0, 0.05) is 18.2 Å². The van der Waals surface area contributed by atoms with Crippen LogP contribution < -0.4 is 5.32 Å². The fourth-order valence-corrected chi connectivity index (χ4v) is 5.25. The largest absolute Gasteiger partial charge is 0.390 e. The molecule has 1 aromatic rings. The van der Waals surface area contributed by atoms with Crippen LogP contribution in [0.3, 0.4) is 0 Å². The Morgan fingerprint density at radius 2 is 1.96 bits per heavy atom. The van der Waals surface area contributed by atoms with Gasteiger partial charge in [0.25, 0.3) is 11.6 Å². The number of non-ortho nitro benzene ring substituents is 1. The molecule has 0 aliphatic heterocycles. The second-order valence-corrected chi connectivity index (χ2v) is 7.61. The smallest absolute Gasteiger partial charge is 0.270 e. The lowest BCUT2D eigenvalue weighted by Crippen LogP contribution is -2.61. The van der Waals surface area contributed by atoms with Crippen molar-refractivity contribution in [1.82, 2.24) is 5.32 Å². The predicted molar refractivity (Wildman–Crippen MR) is 82.8 cm³/mol. The number of hydrogen-bond donors (Lipinski definition) is 2. The Labute approximate surface area is 138 Å². The lowest BCUT2D eigenvalue weighted by Gasteiger charge is -2.58. The van der Waals surface area contributed by atoms with Crippen molar-refractivity contribution in [2.75, 3.05) is 0 Å². The van der Waals surface area contributed by atoms with Gasteiger partial charge in [0.2, 0.25) is 0 Å². The highest BCUT2D eigenvalue weighted by molar-refractivity contribution is 5.95. The molecule has 1 amide bonds. The van der Waals surface area contributed by atoms with E-state index in [1.165, 1.54) is 0 Å². The number of halogens is 1. The van der Waals surface area contributed by atoms with Crippen molar-refractivity contribution >= 4 is 11.6 Å². The summed E-state index contributed by atoms with van der Waals surface area (Å²) < 4.78 is 13.9. The third-order valence-corrected chi connectivity index (χ3v) is 5.94. The minimum absolute atomic E-state index is 0.0898. The fourth-order valence-electron chi connectivity index (χ4n) is 5.25. The average Bonchev–Trinajstić information content (AvgIpc) is 2.49. The van der Waals surface area contributed by atoms with Crippen LogP contribution in [-0.2, 0) is 0 Å². The number of hydrogen-bond acceptors (Lipinski definition) is 4. The molecule has 24 heavy (non-hydrogen) atoms. The number of aliphatic hydroxyl groups is 1. The molecule has 0 aromatic heterocycles. The molecule has 128 valence electrons. The molecule has 4 aliphatic carbocycles. The lowest BCUT2D eigenvalue weighted by molar-refractivity contribution is -0.384. The van der Waals surface area contributed by atoms with E-state index in [1.54, 1.807) is 0 Å². The van der Waals surface area contributed by atoms with Gasteiger partial charge in [-0.1, -0.05) is 0 Å². The van der Waals surface area contributed by atoms with Crippen LogP contribution in [-0.4, -0.2) is 27.6 Å². The van der Waals surface area contributed by atoms with E-state index in [-0.39, 0.29) is 29.1 Å². The van der Waals surface area contributed by atoms with Crippen molar-refractivity contribution in [3.63, 3.8) is 0 Å². The van der Waals surface area contributed by atoms with Crippen LogP contribution >= 0.6 is 0 Å². The normalized spacial score (nSPS) is 36.6. The van der Waals surface area contributed by atoms with Crippen molar-refractivity contribution < 1.29 is 19.2 Å². The molecule has 5 rings (SSSR count). The van der Waals surface area contributed by atoms with E-state index in [2.05, 4.69) is 5.32 Å². The van der Waals surface area contributed by atoms with Gasteiger partial charge in [-0.05, 0) is 55.9 Å². The third kappa shape index (κ3) is 2.47.